The van der Waals surface area contributed by atoms with Crippen LogP contribution in [0.25, 0.3) is 12.2 Å². The molecule has 0 fully saturated rings. The number of nitriles is 3. The highest BCUT2D eigenvalue weighted by Crippen LogP contribution is 2.13. The predicted molar refractivity (Wildman–Crippen MR) is 76.0 cm³/mol. The molecule has 0 unspecified atom stereocenters. The minimum atomic E-state index is 0.462. The number of hydrogen-bond acceptors (Lipinski definition) is 3. The molecular formula is C17H9N3. The van der Waals surface area contributed by atoms with Crippen molar-refractivity contribution < 1.29 is 0 Å². The Balaban J connectivity index is 2.29. The summed E-state index contributed by atoms with van der Waals surface area (Å²) in [4.78, 5) is 0. The van der Waals surface area contributed by atoms with E-state index in [0.717, 1.165) is 11.1 Å². The average Bonchev–Trinajstić information content (AvgIpc) is 2.53. The van der Waals surface area contributed by atoms with Gasteiger partial charge in [0.15, 0.2) is 0 Å². The molecule has 0 aliphatic carbocycles. The van der Waals surface area contributed by atoms with Crippen molar-refractivity contribution in [3.05, 3.63) is 70.3 Å². The van der Waals surface area contributed by atoms with Gasteiger partial charge in [-0.2, -0.15) is 15.8 Å². The Morgan fingerprint density at radius 3 is 1.60 bits per heavy atom. The lowest BCUT2D eigenvalue weighted by atomic mass is 10.1. The predicted octanol–water partition coefficient (Wildman–Crippen LogP) is 3.47. The van der Waals surface area contributed by atoms with Gasteiger partial charge < -0.3 is 0 Å². The first kappa shape index (κ1) is 13.1. The van der Waals surface area contributed by atoms with Crippen molar-refractivity contribution in [2.24, 2.45) is 0 Å². The molecule has 2 aromatic carbocycles. The van der Waals surface area contributed by atoms with Crippen LogP contribution in [0.1, 0.15) is 27.8 Å². The van der Waals surface area contributed by atoms with Gasteiger partial charge in [0, 0.05) is 0 Å². The van der Waals surface area contributed by atoms with E-state index in [2.05, 4.69) is 6.07 Å². The lowest BCUT2D eigenvalue weighted by molar-refractivity contribution is 1.44. The fourth-order valence-corrected chi connectivity index (χ4v) is 1.74. The Morgan fingerprint density at radius 2 is 1.10 bits per heavy atom. The van der Waals surface area contributed by atoms with Gasteiger partial charge in [0.1, 0.15) is 0 Å². The Labute approximate surface area is 117 Å². The summed E-state index contributed by atoms with van der Waals surface area (Å²) in [5.74, 6) is 0. The standard InChI is InChI=1S/C17H9N3/c18-10-14-4-1-13(2-5-14)3-6-15-7-16(11-19)9-17(8-15)12-20/h1-9H/b6-3+. The van der Waals surface area contributed by atoms with Gasteiger partial charge in [0.25, 0.3) is 0 Å². The summed E-state index contributed by atoms with van der Waals surface area (Å²) in [6.45, 7) is 0. The van der Waals surface area contributed by atoms with Crippen LogP contribution in [0, 0.1) is 34.0 Å². The molecule has 92 valence electrons. The zero-order valence-electron chi connectivity index (χ0n) is 10.5. The molecule has 0 spiro atoms. The highest BCUT2D eigenvalue weighted by atomic mass is 14.3. The van der Waals surface area contributed by atoms with Crippen LogP contribution >= 0.6 is 0 Å². The second-order valence-electron chi connectivity index (χ2n) is 4.13. The molecule has 0 heterocycles. The summed E-state index contributed by atoms with van der Waals surface area (Å²) in [7, 11) is 0. The summed E-state index contributed by atoms with van der Waals surface area (Å²) in [5, 5.41) is 26.5. The first-order valence-corrected chi connectivity index (χ1v) is 5.88. The molecule has 2 aromatic rings. The van der Waals surface area contributed by atoms with Crippen LogP contribution in [0.3, 0.4) is 0 Å². The molecule has 2 rings (SSSR count). The normalized spacial score (nSPS) is 9.65. The lowest BCUT2D eigenvalue weighted by Gasteiger charge is -1.97. The Morgan fingerprint density at radius 1 is 0.600 bits per heavy atom. The SMILES string of the molecule is N#Cc1ccc(/C=C/c2cc(C#N)cc(C#N)c2)cc1. The summed E-state index contributed by atoms with van der Waals surface area (Å²) in [6, 6.07) is 18.3. The third kappa shape index (κ3) is 3.10. The van der Waals surface area contributed by atoms with Crippen molar-refractivity contribution in [2.75, 3.05) is 0 Å². The number of hydrogen-bond donors (Lipinski definition) is 0. The molecule has 0 bridgehead atoms. The first-order valence-electron chi connectivity index (χ1n) is 5.88. The minimum absolute atomic E-state index is 0.462. The molecule has 3 nitrogen and oxygen atoms in total. The first-order chi connectivity index (χ1) is 9.75. The van der Waals surface area contributed by atoms with Gasteiger partial charge in [0.2, 0.25) is 0 Å². The van der Waals surface area contributed by atoms with E-state index in [1.165, 1.54) is 0 Å². The third-order valence-corrected chi connectivity index (χ3v) is 2.72. The Bertz CT molecular complexity index is 747. The van der Waals surface area contributed by atoms with Gasteiger partial charge in [-0.1, -0.05) is 24.3 Å². The summed E-state index contributed by atoms with van der Waals surface area (Å²) >= 11 is 0. The van der Waals surface area contributed by atoms with Gasteiger partial charge in [-0.25, -0.2) is 0 Å². The molecule has 0 saturated carbocycles. The maximum absolute atomic E-state index is 8.91. The maximum Gasteiger partial charge on any atom is 0.0992 e. The topological polar surface area (TPSA) is 71.4 Å². The second-order valence-corrected chi connectivity index (χ2v) is 4.13. The number of rotatable bonds is 2. The molecule has 0 radical (unpaired) electrons. The van der Waals surface area contributed by atoms with E-state index in [1.54, 1.807) is 30.3 Å². The zero-order valence-corrected chi connectivity index (χ0v) is 10.5. The quantitative estimate of drug-likeness (QED) is 0.771. The van der Waals surface area contributed by atoms with Crippen molar-refractivity contribution in [2.45, 2.75) is 0 Å². The van der Waals surface area contributed by atoms with E-state index in [4.69, 9.17) is 15.8 Å². The van der Waals surface area contributed by atoms with Gasteiger partial charge in [0.05, 0.1) is 34.9 Å². The van der Waals surface area contributed by atoms with Crippen LogP contribution in [0.15, 0.2) is 42.5 Å². The fourth-order valence-electron chi connectivity index (χ4n) is 1.74. The van der Waals surface area contributed by atoms with Crippen molar-refractivity contribution >= 4 is 12.2 Å². The highest BCUT2D eigenvalue weighted by molar-refractivity contribution is 5.71. The van der Waals surface area contributed by atoms with Crippen molar-refractivity contribution in [1.82, 2.24) is 0 Å². The second kappa shape index (κ2) is 6.01. The maximum atomic E-state index is 8.91. The van der Waals surface area contributed by atoms with E-state index >= 15 is 0 Å². The Kier molecular flexibility index (Phi) is 3.93. The summed E-state index contributed by atoms with van der Waals surface area (Å²) < 4.78 is 0. The molecule has 0 atom stereocenters. The molecule has 3 heteroatoms. The Hall–Kier alpha value is -3.35. The fraction of sp³-hybridized carbons (Fsp3) is 0. The largest absolute Gasteiger partial charge is 0.192 e. The zero-order chi connectivity index (χ0) is 14.4. The molecule has 0 aliphatic rings. The number of benzene rings is 2. The summed E-state index contributed by atoms with van der Waals surface area (Å²) in [5.41, 5.74) is 3.28. The van der Waals surface area contributed by atoms with E-state index < -0.39 is 0 Å². The average molecular weight is 255 g/mol. The van der Waals surface area contributed by atoms with Gasteiger partial charge in [-0.15, -0.1) is 0 Å². The summed E-state index contributed by atoms with van der Waals surface area (Å²) in [6.07, 6.45) is 3.71. The van der Waals surface area contributed by atoms with Crippen LogP contribution in [0.4, 0.5) is 0 Å². The van der Waals surface area contributed by atoms with Crippen molar-refractivity contribution in [3.8, 4) is 18.2 Å². The smallest absolute Gasteiger partial charge is 0.0992 e. The molecule has 0 amide bonds. The van der Waals surface area contributed by atoms with Crippen molar-refractivity contribution in [1.29, 1.82) is 15.8 Å². The van der Waals surface area contributed by atoms with E-state index in [-0.39, 0.29) is 0 Å². The van der Waals surface area contributed by atoms with E-state index in [0.29, 0.717) is 16.7 Å². The molecular weight excluding hydrogens is 246 g/mol. The van der Waals surface area contributed by atoms with Gasteiger partial charge in [-0.3, -0.25) is 0 Å². The lowest BCUT2D eigenvalue weighted by Crippen LogP contribution is -1.82. The van der Waals surface area contributed by atoms with Crippen LogP contribution in [-0.2, 0) is 0 Å². The molecule has 0 saturated heterocycles. The van der Waals surface area contributed by atoms with Gasteiger partial charge in [-0.05, 0) is 41.5 Å². The molecule has 0 aromatic heterocycles. The third-order valence-electron chi connectivity index (χ3n) is 2.72. The van der Waals surface area contributed by atoms with Crippen LogP contribution in [-0.4, -0.2) is 0 Å². The van der Waals surface area contributed by atoms with Crippen LogP contribution in [0.2, 0.25) is 0 Å². The molecule has 0 N–H and O–H groups in total. The molecule has 0 aliphatic heterocycles. The van der Waals surface area contributed by atoms with E-state index in [9.17, 15) is 0 Å². The van der Waals surface area contributed by atoms with Crippen LogP contribution in [0.5, 0.6) is 0 Å². The monoisotopic (exact) mass is 255 g/mol. The van der Waals surface area contributed by atoms with E-state index in [1.807, 2.05) is 36.4 Å². The van der Waals surface area contributed by atoms with Gasteiger partial charge >= 0.3 is 0 Å². The van der Waals surface area contributed by atoms with Crippen molar-refractivity contribution in [3.63, 3.8) is 0 Å². The number of nitrogens with zero attached hydrogens (tertiary/aromatic N) is 3. The van der Waals surface area contributed by atoms with Crippen LogP contribution < -0.4 is 0 Å². The molecule has 20 heavy (non-hydrogen) atoms. The highest BCUT2D eigenvalue weighted by Gasteiger charge is 1.98. The minimum Gasteiger partial charge on any atom is -0.192 e.